The standard InChI is InChI=1S/C45H85NO5SSi3/c1-32(29-38(49-53(17,18)42(6,7)8)34(3)30-37-31-52-36(5)46-37)25-23-24-26-33(2)40(51-55(21,22)44(12,13)14)35(4)41(48)45(15,16)39(27-28-47)50-54(19,20)43(9,10)11/h25,28,30-31,33,35,38-40H,23-24,26-27,29H2,1-22H3/b32-25+,34-30+/t33-,35+,38-,39-,40-/m0/s1. The largest absolute Gasteiger partial charge is 0.413 e. The summed E-state index contributed by atoms with van der Waals surface area (Å²) in [7, 11) is -6.49. The van der Waals surface area contributed by atoms with Crippen molar-refractivity contribution in [2.24, 2.45) is 17.3 Å². The van der Waals surface area contributed by atoms with Crippen molar-refractivity contribution in [1.82, 2.24) is 4.98 Å². The fourth-order valence-corrected chi connectivity index (χ4v) is 11.0. The lowest BCUT2D eigenvalue weighted by atomic mass is 9.73. The highest BCUT2D eigenvalue weighted by atomic mass is 32.1. The molecular weight excluding hydrogens is 751 g/mol. The van der Waals surface area contributed by atoms with E-state index in [1.54, 1.807) is 11.3 Å². The number of carbonyl (C=O) groups is 2. The first-order valence-electron chi connectivity index (χ1n) is 20.9. The number of ketones is 1. The van der Waals surface area contributed by atoms with E-state index in [1.165, 1.54) is 11.1 Å². The number of aryl methyl sites for hydroxylation is 1. The molecule has 5 atom stereocenters. The van der Waals surface area contributed by atoms with Gasteiger partial charge >= 0.3 is 0 Å². The van der Waals surface area contributed by atoms with E-state index in [0.29, 0.717) is 0 Å². The second-order valence-corrected chi connectivity index (χ2v) is 37.0. The van der Waals surface area contributed by atoms with Gasteiger partial charge in [-0.05, 0) is 118 Å². The predicted octanol–water partition coefficient (Wildman–Crippen LogP) is 14.0. The number of hydrogen-bond donors (Lipinski definition) is 0. The molecule has 0 spiro atoms. The number of unbranched alkanes of at least 4 members (excludes halogenated alkanes) is 1. The zero-order valence-corrected chi connectivity index (χ0v) is 43.4. The molecule has 0 fully saturated rings. The molecule has 10 heteroatoms. The topological polar surface area (TPSA) is 74.7 Å². The van der Waals surface area contributed by atoms with E-state index in [9.17, 15) is 9.59 Å². The lowest BCUT2D eigenvalue weighted by molar-refractivity contribution is -0.141. The van der Waals surface area contributed by atoms with Crippen LogP contribution in [0.2, 0.25) is 54.4 Å². The Bertz CT molecular complexity index is 1460. The second kappa shape index (κ2) is 19.8. The number of nitrogens with zero attached hydrogens (tertiary/aromatic N) is 1. The minimum Gasteiger partial charge on any atom is -0.413 e. The van der Waals surface area contributed by atoms with E-state index in [1.807, 2.05) is 20.8 Å². The average Bonchev–Trinajstić information content (AvgIpc) is 3.42. The van der Waals surface area contributed by atoms with Gasteiger partial charge in [0.05, 0.1) is 29.0 Å². The lowest BCUT2D eigenvalue weighted by Gasteiger charge is -2.46. The van der Waals surface area contributed by atoms with Gasteiger partial charge in [-0.2, -0.15) is 0 Å². The highest BCUT2D eigenvalue weighted by Crippen LogP contribution is 2.44. The van der Waals surface area contributed by atoms with Gasteiger partial charge in [0.15, 0.2) is 25.0 Å². The molecule has 55 heavy (non-hydrogen) atoms. The molecule has 1 aromatic rings. The first-order chi connectivity index (χ1) is 24.6. The first kappa shape index (κ1) is 52.0. The van der Waals surface area contributed by atoms with Crippen LogP contribution in [0.4, 0.5) is 0 Å². The predicted molar refractivity (Wildman–Crippen MR) is 247 cm³/mol. The molecule has 1 heterocycles. The zero-order valence-electron chi connectivity index (χ0n) is 39.6. The molecule has 0 aliphatic rings. The van der Waals surface area contributed by atoms with Crippen molar-refractivity contribution in [3.63, 3.8) is 0 Å². The third-order valence-electron chi connectivity index (χ3n) is 13.3. The Kier molecular flexibility index (Phi) is 18.7. The Morgan fingerprint density at radius 2 is 1.31 bits per heavy atom. The van der Waals surface area contributed by atoms with E-state index >= 15 is 0 Å². The van der Waals surface area contributed by atoms with Gasteiger partial charge in [-0.1, -0.05) is 102 Å². The average molecular weight is 837 g/mol. The van der Waals surface area contributed by atoms with Crippen LogP contribution in [0.3, 0.4) is 0 Å². The van der Waals surface area contributed by atoms with Crippen molar-refractivity contribution in [1.29, 1.82) is 0 Å². The molecule has 0 saturated heterocycles. The molecule has 0 radical (unpaired) electrons. The van der Waals surface area contributed by atoms with Gasteiger partial charge in [0.1, 0.15) is 12.1 Å². The second-order valence-electron chi connectivity index (χ2n) is 21.7. The van der Waals surface area contributed by atoms with Crippen molar-refractivity contribution in [3.8, 4) is 0 Å². The fourth-order valence-electron chi connectivity index (χ4n) is 6.16. The Labute approximate surface area is 346 Å². The zero-order chi connectivity index (χ0) is 43.2. The van der Waals surface area contributed by atoms with Gasteiger partial charge in [0.25, 0.3) is 0 Å². The normalized spacial score (nSPS) is 17.5. The monoisotopic (exact) mass is 836 g/mol. The molecule has 318 valence electrons. The summed E-state index contributed by atoms with van der Waals surface area (Å²) in [5, 5.41) is 3.27. The van der Waals surface area contributed by atoms with E-state index in [0.717, 1.165) is 42.7 Å². The number of carbonyl (C=O) groups excluding carboxylic acids is 2. The van der Waals surface area contributed by atoms with Gasteiger partial charge in [0, 0.05) is 23.1 Å². The van der Waals surface area contributed by atoms with Crippen molar-refractivity contribution in [3.05, 3.63) is 33.3 Å². The maximum atomic E-state index is 14.7. The highest BCUT2D eigenvalue weighted by Gasteiger charge is 2.49. The molecule has 1 aromatic heterocycles. The van der Waals surface area contributed by atoms with Crippen molar-refractivity contribution < 1.29 is 22.9 Å². The molecule has 0 saturated carbocycles. The molecule has 1 rings (SSSR count). The number of rotatable bonds is 21. The number of aldehydes is 1. The maximum Gasteiger partial charge on any atom is 0.192 e. The molecule has 0 amide bonds. The van der Waals surface area contributed by atoms with Crippen LogP contribution in [-0.4, -0.2) is 60.3 Å². The quantitative estimate of drug-likeness (QED) is 0.0531. The third-order valence-corrected chi connectivity index (χ3v) is 27.6. The van der Waals surface area contributed by atoms with Crippen molar-refractivity contribution >= 4 is 54.4 Å². The van der Waals surface area contributed by atoms with E-state index in [2.05, 4.69) is 147 Å². The van der Waals surface area contributed by atoms with Gasteiger partial charge in [0.2, 0.25) is 0 Å². The van der Waals surface area contributed by atoms with E-state index in [-0.39, 0.29) is 51.4 Å². The Hall–Kier alpha value is -1.02. The molecule has 0 aliphatic carbocycles. The Morgan fingerprint density at radius 3 is 1.76 bits per heavy atom. The fraction of sp³-hybridized carbons (Fsp3) is 0.800. The Balaban J connectivity index is 3.33. The summed E-state index contributed by atoms with van der Waals surface area (Å²) in [5.41, 5.74) is 2.71. The molecule has 0 unspecified atom stereocenters. The third kappa shape index (κ3) is 14.9. The molecule has 6 nitrogen and oxygen atoms in total. The molecular formula is C45H85NO5SSi3. The number of allylic oxidation sites excluding steroid dienone is 1. The molecule has 0 N–H and O–H groups in total. The van der Waals surface area contributed by atoms with E-state index in [4.69, 9.17) is 18.3 Å². The van der Waals surface area contributed by atoms with Gasteiger partial charge in [-0.25, -0.2) is 4.98 Å². The van der Waals surface area contributed by atoms with E-state index < -0.39 is 36.5 Å². The van der Waals surface area contributed by atoms with Crippen LogP contribution in [0.25, 0.3) is 6.08 Å². The summed E-state index contributed by atoms with van der Waals surface area (Å²) < 4.78 is 21.1. The van der Waals surface area contributed by atoms with Crippen LogP contribution in [0.1, 0.15) is 147 Å². The number of thiazole rings is 1. The minimum absolute atomic E-state index is 0.000633. The van der Waals surface area contributed by atoms with Gasteiger partial charge in [-0.15, -0.1) is 11.3 Å². The summed E-state index contributed by atoms with van der Waals surface area (Å²) in [6.45, 7) is 48.6. The maximum absolute atomic E-state index is 14.7. The summed E-state index contributed by atoms with van der Waals surface area (Å²) in [4.78, 5) is 31.4. The van der Waals surface area contributed by atoms with Crippen molar-refractivity contribution in [2.75, 3.05) is 0 Å². The molecule has 0 aliphatic heterocycles. The van der Waals surface area contributed by atoms with Crippen LogP contribution < -0.4 is 0 Å². The van der Waals surface area contributed by atoms with Crippen molar-refractivity contribution in [2.45, 2.75) is 216 Å². The van der Waals surface area contributed by atoms with Crippen LogP contribution in [0.5, 0.6) is 0 Å². The molecule has 0 bridgehead atoms. The minimum atomic E-state index is -2.25. The number of Topliss-reactive ketones (excluding diaryl/α,β-unsaturated/α-hetero) is 1. The van der Waals surface area contributed by atoms with Crippen LogP contribution in [-0.2, 0) is 22.9 Å². The van der Waals surface area contributed by atoms with Gasteiger partial charge < -0.3 is 18.1 Å². The summed E-state index contributed by atoms with van der Waals surface area (Å²) in [5.74, 6) is -0.0590. The highest BCUT2D eigenvalue weighted by molar-refractivity contribution is 7.09. The van der Waals surface area contributed by atoms with Crippen LogP contribution >= 0.6 is 11.3 Å². The number of aromatic nitrogens is 1. The number of hydrogen-bond acceptors (Lipinski definition) is 7. The van der Waals surface area contributed by atoms with Crippen LogP contribution in [0.15, 0.2) is 22.6 Å². The molecule has 0 aromatic carbocycles. The smallest absolute Gasteiger partial charge is 0.192 e. The van der Waals surface area contributed by atoms with Gasteiger partial charge in [-0.3, -0.25) is 4.79 Å². The SMILES string of the molecule is C/C(=C\CCC[C@H](C)[C@H](O[Si](C)(C)C(C)(C)C)[C@@H](C)C(=O)C(C)(C)[C@H](CC=O)O[Si](C)(C)C(C)(C)C)C[C@H](O[Si](C)(C)C(C)(C)C)/C(C)=C/c1csc(C)n1. The summed E-state index contributed by atoms with van der Waals surface area (Å²) in [6, 6.07) is 0. The lowest BCUT2D eigenvalue weighted by Crippen LogP contribution is -2.54. The Morgan fingerprint density at radius 1 is 0.818 bits per heavy atom. The summed E-state index contributed by atoms with van der Waals surface area (Å²) in [6.07, 6.45) is 8.76. The summed E-state index contributed by atoms with van der Waals surface area (Å²) >= 11 is 1.68. The van der Waals surface area contributed by atoms with Crippen LogP contribution in [0, 0.1) is 24.2 Å². The first-order valence-corrected chi connectivity index (χ1v) is 30.5.